The summed E-state index contributed by atoms with van der Waals surface area (Å²) in [5.41, 5.74) is -0.718. The second-order valence-corrected chi connectivity index (χ2v) is 1.48. The minimum absolute atomic E-state index is 0.0309. The normalized spacial score (nSPS) is 9.80. The molecule has 3 heteroatoms. The monoisotopic (exact) mass is 92.0 g/mol. The number of carbonyl (C=O) groups is 1. The SMILES string of the molecule is CPC(=O)O. The lowest BCUT2D eigenvalue weighted by Gasteiger charge is -1.72. The van der Waals surface area contributed by atoms with E-state index >= 15 is 0 Å². The summed E-state index contributed by atoms with van der Waals surface area (Å²) in [5, 5.41) is 7.73. The molecule has 0 aliphatic rings. The van der Waals surface area contributed by atoms with Crippen LogP contribution in [0.1, 0.15) is 0 Å². The van der Waals surface area contributed by atoms with Gasteiger partial charge in [-0.05, 0) is 15.2 Å². The molecule has 1 N–H and O–H groups in total. The van der Waals surface area contributed by atoms with E-state index in [0.29, 0.717) is 0 Å². The summed E-state index contributed by atoms with van der Waals surface area (Å²) in [6.45, 7) is 1.63. The van der Waals surface area contributed by atoms with Crippen LogP contribution >= 0.6 is 8.58 Å². The Morgan fingerprint density at radius 3 is 2.20 bits per heavy atom. The van der Waals surface area contributed by atoms with Crippen molar-refractivity contribution in [3.05, 3.63) is 0 Å². The minimum Gasteiger partial charge on any atom is -0.478 e. The predicted octanol–water partition coefficient (Wildman–Crippen LogP) is 0.973. The van der Waals surface area contributed by atoms with Crippen LogP contribution in [-0.2, 0) is 0 Å². The van der Waals surface area contributed by atoms with Crippen molar-refractivity contribution in [1.82, 2.24) is 0 Å². The summed E-state index contributed by atoms with van der Waals surface area (Å²) in [7, 11) is 0.0309. The highest BCUT2D eigenvalue weighted by atomic mass is 31.1. The highest BCUT2D eigenvalue weighted by Gasteiger charge is 1.80. The maximum atomic E-state index is 9.38. The van der Waals surface area contributed by atoms with Crippen LogP contribution in [0.3, 0.4) is 0 Å². The Morgan fingerprint density at radius 2 is 2.20 bits per heavy atom. The highest BCUT2D eigenvalue weighted by Crippen LogP contribution is 1.99. The molecule has 0 fully saturated rings. The Hall–Kier alpha value is -0.100. The molecule has 0 aromatic carbocycles. The van der Waals surface area contributed by atoms with E-state index in [4.69, 9.17) is 5.11 Å². The number of carboxylic acid groups (broad SMARTS) is 1. The van der Waals surface area contributed by atoms with Crippen LogP contribution in [-0.4, -0.2) is 17.5 Å². The maximum Gasteiger partial charge on any atom is 0.320 e. The summed E-state index contributed by atoms with van der Waals surface area (Å²) in [5.74, 6) is 0. The summed E-state index contributed by atoms with van der Waals surface area (Å²) < 4.78 is 0. The molecule has 0 aromatic rings. The average molecular weight is 92.0 g/mol. The van der Waals surface area contributed by atoms with Gasteiger partial charge in [0.2, 0.25) is 0 Å². The van der Waals surface area contributed by atoms with Crippen molar-refractivity contribution in [2.45, 2.75) is 0 Å². The van der Waals surface area contributed by atoms with E-state index in [-0.39, 0.29) is 8.58 Å². The van der Waals surface area contributed by atoms with Crippen molar-refractivity contribution in [2.24, 2.45) is 0 Å². The molecule has 0 spiro atoms. The van der Waals surface area contributed by atoms with Crippen LogP contribution in [0.15, 0.2) is 0 Å². The zero-order valence-electron chi connectivity index (χ0n) is 2.86. The third-order valence-electron chi connectivity index (χ3n) is 0.214. The van der Waals surface area contributed by atoms with E-state index in [1.54, 1.807) is 6.66 Å². The van der Waals surface area contributed by atoms with E-state index in [1.165, 1.54) is 0 Å². The Kier molecular flexibility index (Phi) is 2.11. The number of hydrogen-bond donors (Lipinski definition) is 1. The topological polar surface area (TPSA) is 37.3 Å². The van der Waals surface area contributed by atoms with E-state index in [9.17, 15) is 4.79 Å². The van der Waals surface area contributed by atoms with Gasteiger partial charge in [-0.1, -0.05) is 0 Å². The van der Waals surface area contributed by atoms with Crippen molar-refractivity contribution in [1.29, 1.82) is 0 Å². The lowest BCUT2D eigenvalue weighted by atomic mass is 11.6. The lowest BCUT2D eigenvalue weighted by Crippen LogP contribution is -1.72. The van der Waals surface area contributed by atoms with E-state index in [0.717, 1.165) is 0 Å². The van der Waals surface area contributed by atoms with Gasteiger partial charge < -0.3 is 5.11 Å². The quantitative estimate of drug-likeness (QED) is 0.489. The molecule has 1 unspecified atom stereocenters. The Balaban J connectivity index is 2.85. The molecular weight excluding hydrogens is 87.0 g/mol. The first-order valence-electron chi connectivity index (χ1n) is 1.18. The van der Waals surface area contributed by atoms with Gasteiger partial charge in [-0.2, -0.15) is 0 Å². The zero-order valence-corrected chi connectivity index (χ0v) is 3.86. The van der Waals surface area contributed by atoms with Gasteiger partial charge in [0.15, 0.2) is 0 Å². The van der Waals surface area contributed by atoms with Gasteiger partial charge in [-0.25, -0.2) is 4.79 Å². The molecular formula is C2H5O2P. The van der Waals surface area contributed by atoms with E-state index < -0.39 is 5.71 Å². The molecule has 0 aromatic heterocycles. The Labute approximate surface area is 32.0 Å². The van der Waals surface area contributed by atoms with Crippen molar-refractivity contribution >= 4 is 14.3 Å². The largest absolute Gasteiger partial charge is 0.478 e. The van der Waals surface area contributed by atoms with Gasteiger partial charge in [0.1, 0.15) is 0 Å². The molecule has 0 radical (unpaired) electrons. The van der Waals surface area contributed by atoms with Gasteiger partial charge in [-0.15, -0.1) is 0 Å². The van der Waals surface area contributed by atoms with Crippen molar-refractivity contribution < 1.29 is 9.90 Å². The van der Waals surface area contributed by atoms with Crippen molar-refractivity contribution in [2.75, 3.05) is 6.66 Å². The van der Waals surface area contributed by atoms with E-state index in [2.05, 4.69) is 0 Å². The molecule has 0 saturated carbocycles. The number of hydrogen-bond acceptors (Lipinski definition) is 1. The van der Waals surface area contributed by atoms with Crippen LogP contribution in [0.25, 0.3) is 0 Å². The van der Waals surface area contributed by atoms with Gasteiger partial charge in [-0.3, -0.25) is 0 Å². The molecule has 1 atom stereocenters. The fraction of sp³-hybridized carbons (Fsp3) is 0.500. The lowest BCUT2D eigenvalue weighted by molar-refractivity contribution is 0.221. The predicted molar refractivity (Wildman–Crippen MR) is 22.3 cm³/mol. The first-order chi connectivity index (χ1) is 2.27. The van der Waals surface area contributed by atoms with Crippen LogP contribution in [0.5, 0.6) is 0 Å². The van der Waals surface area contributed by atoms with Crippen LogP contribution < -0.4 is 0 Å². The highest BCUT2D eigenvalue weighted by molar-refractivity contribution is 7.56. The minimum atomic E-state index is -0.718. The third kappa shape index (κ3) is 3.90. The van der Waals surface area contributed by atoms with E-state index in [1.807, 2.05) is 0 Å². The molecule has 0 heterocycles. The number of rotatable bonds is 1. The molecule has 30 valence electrons. The second kappa shape index (κ2) is 2.16. The van der Waals surface area contributed by atoms with Gasteiger partial charge in [0.25, 0.3) is 0 Å². The fourth-order valence-corrected chi connectivity index (χ4v) is 0. The molecule has 0 amide bonds. The van der Waals surface area contributed by atoms with Gasteiger partial charge in [0.05, 0.1) is 0 Å². The zero-order chi connectivity index (χ0) is 4.28. The third-order valence-corrected chi connectivity index (χ3v) is 0.642. The molecule has 0 aliphatic carbocycles. The molecule has 0 aliphatic heterocycles. The summed E-state index contributed by atoms with van der Waals surface area (Å²) in [4.78, 5) is 9.38. The first-order valence-corrected chi connectivity index (χ1v) is 2.68. The standard InChI is InChI=1S/C2H5O2P/c1-5-2(3)4/h5H,1H3,(H,3,4). The summed E-state index contributed by atoms with van der Waals surface area (Å²) in [6.07, 6.45) is 0. The first kappa shape index (κ1) is 4.90. The smallest absolute Gasteiger partial charge is 0.320 e. The molecule has 0 saturated heterocycles. The molecule has 5 heavy (non-hydrogen) atoms. The Bertz CT molecular complexity index is 42.9. The maximum absolute atomic E-state index is 9.38. The van der Waals surface area contributed by atoms with Crippen LogP contribution in [0.2, 0.25) is 0 Å². The van der Waals surface area contributed by atoms with Gasteiger partial charge in [0, 0.05) is 0 Å². The summed E-state index contributed by atoms with van der Waals surface area (Å²) >= 11 is 0. The molecule has 2 nitrogen and oxygen atoms in total. The van der Waals surface area contributed by atoms with Gasteiger partial charge >= 0.3 is 5.71 Å². The van der Waals surface area contributed by atoms with Crippen molar-refractivity contribution in [3.8, 4) is 0 Å². The summed E-state index contributed by atoms with van der Waals surface area (Å²) in [6, 6.07) is 0. The molecule has 0 bridgehead atoms. The second-order valence-electron chi connectivity index (χ2n) is 0.555. The average Bonchev–Trinajstić information content (AvgIpc) is 1.38. The fourth-order valence-electron chi connectivity index (χ4n) is 0. The molecule has 0 rings (SSSR count). The van der Waals surface area contributed by atoms with Crippen molar-refractivity contribution in [3.63, 3.8) is 0 Å². The van der Waals surface area contributed by atoms with Crippen LogP contribution in [0.4, 0.5) is 4.79 Å². The Morgan fingerprint density at radius 1 is 2.00 bits per heavy atom. The van der Waals surface area contributed by atoms with Crippen LogP contribution in [0, 0.1) is 0 Å².